The average molecular weight is 391 g/mol. The Morgan fingerprint density at radius 1 is 1.36 bits per heavy atom. The maximum atomic E-state index is 11.9. The van der Waals surface area contributed by atoms with Gasteiger partial charge in [-0.3, -0.25) is 9.79 Å². The summed E-state index contributed by atoms with van der Waals surface area (Å²) in [4.78, 5) is 20.8. The summed E-state index contributed by atoms with van der Waals surface area (Å²) in [6.45, 7) is 4.62. The number of methoxy groups -OCH3 is 1. The van der Waals surface area contributed by atoms with E-state index in [1.54, 1.807) is 14.2 Å². The van der Waals surface area contributed by atoms with Gasteiger partial charge in [0.2, 0.25) is 0 Å². The molecule has 1 atom stereocenters. The van der Waals surface area contributed by atoms with Crippen LogP contribution in [0.25, 0.3) is 0 Å². The van der Waals surface area contributed by atoms with E-state index in [0.29, 0.717) is 6.61 Å². The number of ether oxygens (including phenoxy) is 2. The molecule has 156 valence electrons. The minimum atomic E-state index is -0.0733. The monoisotopic (exact) mass is 390 g/mol. The number of guanidine groups is 1. The molecule has 1 fully saturated rings. The van der Waals surface area contributed by atoms with Crippen molar-refractivity contribution in [3.63, 3.8) is 0 Å². The van der Waals surface area contributed by atoms with Crippen LogP contribution in [0.15, 0.2) is 29.3 Å². The minimum Gasteiger partial charge on any atom is -0.497 e. The Balaban J connectivity index is 1.95. The number of carbonyl (C=O) groups is 1. The lowest BCUT2D eigenvalue weighted by molar-refractivity contribution is -0.149. The Kier molecular flexibility index (Phi) is 8.57. The van der Waals surface area contributed by atoms with Crippen LogP contribution < -0.4 is 10.1 Å². The summed E-state index contributed by atoms with van der Waals surface area (Å²) < 4.78 is 10.5. The van der Waals surface area contributed by atoms with Crippen LogP contribution in [-0.4, -0.2) is 76.2 Å². The SMILES string of the molecule is CCOC(=O)C1CCN(C(=NC)NCC(c2cccc(OC)c2)N(C)C)CC1. The fourth-order valence-corrected chi connectivity index (χ4v) is 3.55. The molecule has 1 unspecified atom stereocenters. The molecule has 1 aliphatic heterocycles. The Morgan fingerprint density at radius 3 is 2.64 bits per heavy atom. The Morgan fingerprint density at radius 2 is 2.07 bits per heavy atom. The van der Waals surface area contributed by atoms with E-state index in [2.05, 4.69) is 46.3 Å². The third-order valence-corrected chi connectivity index (χ3v) is 5.18. The molecule has 1 heterocycles. The van der Waals surface area contributed by atoms with Crippen molar-refractivity contribution in [2.45, 2.75) is 25.8 Å². The number of aliphatic imine (C=N–C) groups is 1. The van der Waals surface area contributed by atoms with Crippen LogP contribution in [-0.2, 0) is 9.53 Å². The molecule has 7 nitrogen and oxygen atoms in total. The molecule has 1 aliphatic rings. The fourth-order valence-electron chi connectivity index (χ4n) is 3.55. The summed E-state index contributed by atoms with van der Waals surface area (Å²) in [5, 5.41) is 3.50. The maximum Gasteiger partial charge on any atom is 0.309 e. The first-order valence-corrected chi connectivity index (χ1v) is 9.92. The molecular weight excluding hydrogens is 356 g/mol. The van der Waals surface area contributed by atoms with Crippen molar-refractivity contribution in [2.75, 3.05) is 54.5 Å². The van der Waals surface area contributed by atoms with E-state index in [-0.39, 0.29) is 17.9 Å². The van der Waals surface area contributed by atoms with Crippen LogP contribution in [0.1, 0.15) is 31.4 Å². The van der Waals surface area contributed by atoms with Gasteiger partial charge in [0.25, 0.3) is 0 Å². The summed E-state index contributed by atoms with van der Waals surface area (Å²) in [5.74, 6) is 1.66. The van der Waals surface area contributed by atoms with Gasteiger partial charge >= 0.3 is 5.97 Å². The number of benzene rings is 1. The van der Waals surface area contributed by atoms with Gasteiger partial charge < -0.3 is 24.6 Å². The number of likely N-dealkylation sites (N-methyl/N-ethyl adjacent to an activating group) is 1. The van der Waals surface area contributed by atoms with Gasteiger partial charge in [-0.25, -0.2) is 0 Å². The van der Waals surface area contributed by atoms with E-state index in [9.17, 15) is 4.79 Å². The summed E-state index contributed by atoms with van der Waals surface area (Å²) in [6, 6.07) is 8.34. The van der Waals surface area contributed by atoms with Crippen LogP contribution in [0, 0.1) is 5.92 Å². The smallest absolute Gasteiger partial charge is 0.309 e. The van der Waals surface area contributed by atoms with Gasteiger partial charge in [-0.05, 0) is 51.6 Å². The highest BCUT2D eigenvalue weighted by molar-refractivity contribution is 5.80. The second kappa shape index (κ2) is 10.9. The second-order valence-corrected chi connectivity index (χ2v) is 7.20. The summed E-state index contributed by atoms with van der Waals surface area (Å²) >= 11 is 0. The topological polar surface area (TPSA) is 66.4 Å². The van der Waals surface area contributed by atoms with Crippen LogP contribution in [0.4, 0.5) is 0 Å². The average Bonchev–Trinajstić information content (AvgIpc) is 2.71. The van der Waals surface area contributed by atoms with Gasteiger partial charge in [0.05, 0.1) is 25.7 Å². The zero-order valence-corrected chi connectivity index (χ0v) is 17.8. The summed E-state index contributed by atoms with van der Waals surface area (Å²) in [7, 11) is 7.62. The highest BCUT2D eigenvalue weighted by atomic mass is 16.5. The zero-order valence-electron chi connectivity index (χ0n) is 17.8. The van der Waals surface area contributed by atoms with Gasteiger partial charge in [0.1, 0.15) is 5.75 Å². The van der Waals surface area contributed by atoms with Gasteiger partial charge in [0, 0.05) is 26.7 Å². The lowest BCUT2D eigenvalue weighted by Gasteiger charge is -2.34. The first-order valence-electron chi connectivity index (χ1n) is 9.92. The van der Waals surface area contributed by atoms with E-state index in [1.165, 1.54) is 5.56 Å². The number of nitrogens with one attached hydrogen (secondary N) is 1. The van der Waals surface area contributed by atoms with Crippen LogP contribution >= 0.6 is 0 Å². The highest BCUT2D eigenvalue weighted by Gasteiger charge is 2.27. The minimum absolute atomic E-state index is 0.000568. The number of nitrogens with zero attached hydrogens (tertiary/aromatic N) is 3. The molecule has 0 aliphatic carbocycles. The number of likely N-dealkylation sites (tertiary alicyclic amines) is 1. The normalized spacial score (nSPS) is 16.8. The molecule has 0 amide bonds. The van der Waals surface area contributed by atoms with Crippen LogP contribution in [0.3, 0.4) is 0 Å². The third kappa shape index (κ3) is 5.86. The van der Waals surface area contributed by atoms with Gasteiger partial charge in [0.15, 0.2) is 5.96 Å². The molecular formula is C21H34N4O3. The molecule has 7 heteroatoms. The number of esters is 1. The number of carbonyl (C=O) groups excluding carboxylic acids is 1. The fraction of sp³-hybridized carbons (Fsp3) is 0.619. The van der Waals surface area contributed by atoms with E-state index in [1.807, 2.05) is 19.1 Å². The molecule has 1 N–H and O–H groups in total. The lowest BCUT2D eigenvalue weighted by atomic mass is 9.97. The van der Waals surface area contributed by atoms with E-state index >= 15 is 0 Å². The molecule has 1 saturated heterocycles. The predicted octanol–water partition coefficient (Wildman–Crippen LogP) is 2.15. The van der Waals surface area contributed by atoms with Crippen molar-refractivity contribution in [2.24, 2.45) is 10.9 Å². The Bertz CT molecular complexity index is 655. The molecule has 0 saturated carbocycles. The van der Waals surface area contributed by atoms with Gasteiger partial charge in [-0.1, -0.05) is 12.1 Å². The Hall–Kier alpha value is -2.28. The van der Waals surface area contributed by atoms with Crippen molar-refractivity contribution in [1.82, 2.24) is 15.1 Å². The molecule has 28 heavy (non-hydrogen) atoms. The van der Waals surface area contributed by atoms with E-state index in [4.69, 9.17) is 9.47 Å². The molecule has 0 aromatic heterocycles. The van der Waals surface area contributed by atoms with Crippen molar-refractivity contribution in [1.29, 1.82) is 0 Å². The molecule has 1 aromatic carbocycles. The highest BCUT2D eigenvalue weighted by Crippen LogP contribution is 2.23. The first kappa shape index (κ1) is 22.0. The van der Waals surface area contributed by atoms with Gasteiger partial charge in [-0.2, -0.15) is 0 Å². The molecule has 2 rings (SSSR count). The molecule has 0 spiro atoms. The van der Waals surface area contributed by atoms with Crippen molar-refractivity contribution < 1.29 is 14.3 Å². The zero-order chi connectivity index (χ0) is 20.5. The Labute approximate surface area is 168 Å². The lowest BCUT2D eigenvalue weighted by Crippen LogP contribution is -2.48. The van der Waals surface area contributed by atoms with E-state index < -0.39 is 0 Å². The predicted molar refractivity (Wildman–Crippen MR) is 112 cm³/mol. The largest absolute Gasteiger partial charge is 0.497 e. The van der Waals surface area contributed by atoms with Crippen molar-refractivity contribution >= 4 is 11.9 Å². The molecule has 1 aromatic rings. The maximum absolute atomic E-state index is 11.9. The van der Waals surface area contributed by atoms with Crippen LogP contribution in [0.2, 0.25) is 0 Å². The second-order valence-electron chi connectivity index (χ2n) is 7.20. The standard InChI is InChI=1S/C21H34N4O3/c1-6-28-20(26)16-10-12-25(13-11-16)21(22-2)23-15-19(24(3)4)17-8-7-9-18(14-17)27-5/h7-9,14,16,19H,6,10-13,15H2,1-5H3,(H,22,23). The van der Waals surface area contributed by atoms with E-state index in [0.717, 1.165) is 44.2 Å². The third-order valence-electron chi connectivity index (χ3n) is 5.18. The van der Waals surface area contributed by atoms with Crippen molar-refractivity contribution in [3.05, 3.63) is 29.8 Å². The number of rotatable bonds is 7. The first-order chi connectivity index (χ1) is 13.5. The quantitative estimate of drug-likeness (QED) is 0.437. The molecule has 0 radical (unpaired) electrons. The summed E-state index contributed by atoms with van der Waals surface area (Å²) in [5.41, 5.74) is 1.19. The number of hydrogen-bond donors (Lipinski definition) is 1. The molecule has 0 bridgehead atoms. The van der Waals surface area contributed by atoms with Gasteiger partial charge in [-0.15, -0.1) is 0 Å². The summed E-state index contributed by atoms with van der Waals surface area (Å²) in [6.07, 6.45) is 1.60. The van der Waals surface area contributed by atoms with Crippen molar-refractivity contribution in [3.8, 4) is 5.75 Å². The number of hydrogen-bond acceptors (Lipinski definition) is 5. The van der Waals surface area contributed by atoms with Crippen LogP contribution in [0.5, 0.6) is 5.75 Å². The number of piperidine rings is 1.